The molecule has 0 saturated heterocycles. The highest BCUT2D eigenvalue weighted by atomic mass is 16.5. The number of methoxy groups -OCH3 is 1. The number of nitrogens with one attached hydrogen (secondary N) is 1. The first kappa shape index (κ1) is 15.3. The molecule has 0 radical (unpaired) electrons. The van der Waals surface area contributed by atoms with Crippen molar-refractivity contribution in [3.63, 3.8) is 0 Å². The summed E-state index contributed by atoms with van der Waals surface area (Å²) in [6.07, 6.45) is 3.91. The number of furan rings is 2. The summed E-state index contributed by atoms with van der Waals surface area (Å²) in [5.74, 6) is 1.14. The smallest absolute Gasteiger partial charge is 0.341 e. The van der Waals surface area contributed by atoms with Gasteiger partial charge in [0.15, 0.2) is 0 Å². The minimum atomic E-state index is -0.392. The van der Waals surface area contributed by atoms with Crippen LogP contribution in [0.1, 0.15) is 28.3 Å². The van der Waals surface area contributed by atoms with Crippen LogP contribution in [-0.4, -0.2) is 26.2 Å². The summed E-state index contributed by atoms with van der Waals surface area (Å²) in [4.78, 5) is 11.2. The van der Waals surface area contributed by atoms with Crippen LogP contribution >= 0.6 is 0 Å². The van der Waals surface area contributed by atoms with Crippen molar-refractivity contribution in [2.75, 3.05) is 20.3 Å². The molecule has 2 heterocycles. The first-order valence-electron chi connectivity index (χ1n) is 6.76. The summed E-state index contributed by atoms with van der Waals surface area (Å²) < 4.78 is 20.5. The zero-order chi connectivity index (χ0) is 14.9. The Labute approximate surface area is 123 Å². The van der Waals surface area contributed by atoms with E-state index in [1.54, 1.807) is 12.3 Å². The van der Waals surface area contributed by atoms with Gasteiger partial charge >= 0.3 is 5.97 Å². The second-order valence-electron chi connectivity index (χ2n) is 4.46. The predicted octanol–water partition coefficient (Wildman–Crippen LogP) is 2.36. The van der Waals surface area contributed by atoms with Gasteiger partial charge in [-0.15, -0.1) is 0 Å². The van der Waals surface area contributed by atoms with Gasteiger partial charge in [-0.1, -0.05) is 0 Å². The molecule has 0 aromatic carbocycles. The van der Waals surface area contributed by atoms with Gasteiger partial charge in [0.25, 0.3) is 0 Å². The maximum Gasteiger partial charge on any atom is 0.341 e. The molecule has 0 fully saturated rings. The van der Waals surface area contributed by atoms with E-state index in [2.05, 4.69) is 10.1 Å². The molecule has 0 aliphatic rings. The number of hydrogen-bond donors (Lipinski definition) is 1. The Balaban J connectivity index is 1.53. The third-order valence-corrected chi connectivity index (χ3v) is 2.84. The molecule has 6 heteroatoms. The minimum Gasteiger partial charge on any atom is -0.467 e. The van der Waals surface area contributed by atoms with Crippen LogP contribution in [0.25, 0.3) is 0 Å². The van der Waals surface area contributed by atoms with Crippen LogP contribution in [0.4, 0.5) is 0 Å². The second-order valence-corrected chi connectivity index (χ2v) is 4.46. The Kier molecular flexibility index (Phi) is 6.05. The summed E-state index contributed by atoms with van der Waals surface area (Å²) in [7, 11) is 1.34. The van der Waals surface area contributed by atoms with E-state index in [0.717, 1.165) is 18.7 Å². The minimum absolute atomic E-state index is 0.392. The topological polar surface area (TPSA) is 73.8 Å². The number of rotatable bonds is 9. The summed E-state index contributed by atoms with van der Waals surface area (Å²) in [6.45, 7) is 2.51. The van der Waals surface area contributed by atoms with Gasteiger partial charge in [-0.05, 0) is 31.2 Å². The van der Waals surface area contributed by atoms with Gasteiger partial charge in [-0.3, -0.25) is 0 Å². The van der Waals surface area contributed by atoms with Gasteiger partial charge in [-0.2, -0.15) is 0 Å². The maximum absolute atomic E-state index is 11.2. The molecule has 2 aromatic heterocycles. The van der Waals surface area contributed by atoms with Crippen molar-refractivity contribution in [3.05, 3.63) is 47.8 Å². The normalized spacial score (nSPS) is 10.7. The van der Waals surface area contributed by atoms with E-state index in [4.69, 9.17) is 13.6 Å². The lowest BCUT2D eigenvalue weighted by molar-refractivity contribution is 0.0600. The molecule has 1 N–H and O–H groups in total. The Morgan fingerprint density at radius 1 is 1.33 bits per heavy atom. The number of esters is 1. The molecule has 0 atom stereocenters. The summed E-state index contributed by atoms with van der Waals surface area (Å²) >= 11 is 0. The molecule has 0 saturated carbocycles. The van der Waals surface area contributed by atoms with E-state index in [9.17, 15) is 4.79 Å². The lowest BCUT2D eigenvalue weighted by Crippen LogP contribution is -2.16. The van der Waals surface area contributed by atoms with Crippen LogP contribution < -0.4 is 5.32 Å². The van der Waals surface area contributed by atoms with Crippen LogP contribution in [0.5, 0.6) is 0 Å². The number of carbonyl (C=O) groups is 1. The van der Waals surface area contributed by atoms with Crippen LogP contribution in [0.3, 0.4) is 0 Å². The molecule has 114 valence electrons. The zero-order valence-electron chi connectivity index (χ0n) is 12.0. The Bertz CT molecular complexity index is 532. The average molecular weight is 293 g/mol. The van der Waals surface area contributed by atoms with Crippen molar-refractivity contribution in [3.8, 4) is 0 Å². The molecule has 0 aliphatic heterocycles. The fraction of sp³-hybridized carbons (Fsp3) is 0.400. The first-order chi connectivity index (χ1) is 10.3. The highest BCUT2D eigenvalue weighted by Crippen LogP contribution is 2.08. The maximum atomic E-state index is 11.2. The van der Waals surface area contributed by atoms with Gasteiger partial charge in [-0.25, -0.2) is 4.79 Å². The Morgan fingerprint density at radius 3 is 3.00 bits per heavy atom. The lowest BCUT2D eigenvalue weighted by Gasteiger charge is -2.03. The van der Waals surface area contributed by atoms with Gasteiger partial charge < -0.3 is 23.6 Å². The van der Waals surface area contributed by atoms with Gasteiger partial charge in [0, 0.05) is 6.61 Å². The fourth-order valence-corrected chi connectivity index (χ4v) is 1.78. The largest absolute Gasteiger partial charge is 0.467 e. The standard InChI is InChI=1S/C15H19NO5/c1-18-15(17)12-8-14(21-10-12)9-16-5-3-6-19-11-13-4-2-7-20-13/h2,4,7-8,10,16H,3,5-6,9,11H2,1H3. The number of carbonyl (C=O) groups excluding carboxylic acids is 1. The third kappa shape index (κ3) is 5.09. The lowest BCUT2D eigenvalue weighted by atomic mass is 10.3. The Hall–Kier alpha value is -2.05. The summed E-state index contributed by atoms with van der Waals surface area (Å²) in [5, 5.41) is 3.22. The van der Waals surface area contributed by atoms with Crippen LogP contribution in [0.2, 0.25) is 0 Å². The predicted molar refractivity (Wildman–Crippen MR) is 74.7 cm³/mol. The van der Waals surface area contributed by atoms with Crippen LogP contribution in [0.15, 0.2) is 39.6 Å². The molecular formula is C15H19NO5. The highest BCUT2D eigenvalue weighted by molar-refractivity contribution is 5.88. The number of ether oxygens (including phenoxy) is 2. The molecule has 6 nitrogen and oxygen atoms in total. The van der Waals surface area contributed by atoms with Gasteiger partial charge in [0.2, 0.25) is 0 Å². The Morgan fingerprint density at radius 2 is 2.24 bits per heavy atom. The van der Waals surface area contributed by atoms with Gasteiger partial charge in [0.05, 0.1) is 25.5 Å². The average Bonchev–Trinajstić information content (AvgIpc) is 3.17. The van der Waals surface area contributed by atoms with E-state index in [1.807, 2.05) is 12.1 Å². The molecule has 0 amide bonds. The van der Waals surface area contributed by atoms with Gasteiger partial charge in [0.1, 0.15) is 24.4 Å². The number of hydrogen-bond acceptors (Lipinski definition) is 6. The molecule has 0 unspecified atom stereocenters. The third-order valence-electron chi connectivity index (χ3n) is 2.84. The van der Waals surface area contributed by atoms with Crippen LogP contribution in [-0.2, 0) is 22.6 Å². The van der Waals surface area contributed by atoms with Crippen LogP contribution in [0, 0.1) is 0 Å². The van der Waals surface area contributed by atoms with E-state index < -0.39 is 5.97 Å². The summed E-state index contributed by atoms with van der Waals surface area (Å²) in [5.41, 5.74) is 0.427. The van der Waals surface area contributed by atoms with Crippen molar-refractivity contribution in [2.45, 2.75) is 19.6 Å². The molecule has 0 aliphatic carbocycles. The van der Waals surface area contributed by atoms with Crippen molar-refractivity contribution in [1.29, 1.82) is 0 Å². The first-order valence-corrected chi connectivity index (χ1v) is 6.76. The summed E-state index contributed by atoms with van der Waals surface area (Å²) in [6, 6.07) is 5.40. The monoisotopic (exact) mass is 293 g/mol. The fourth-order valence-electron chi connectivity index (χ4n) is 1.78. The van der Waals surface area contributed by atoms with Crippen molar-refractivity contribution < 1.29 is 23.1 Å². The molecule has 2 aromatic rings. The quantitative estimate of drug-likeness (QED) is 0.565. The highest BCUT2D eigenvalue weighted by Gasteiger charge is 2.09. The molecule has 2 rings (SSSR count). The molecular weight excluding hydrogens is 274 g/mol. The van der Waals surface area contributed by atoms with Crippen molar-refractivity contribution >= 4 is 5.97 Å². The van der Waals surface area contributed by atoms with Crippen molar-refractivity contribution in [1.82, 2.24) is 5.32 Å². The molecule has 0 bridgehead atoms. The SMILES string of the molecule is COC(=O)c1coc(CNCCCOCc2ccco2)c1. The second kappa shape index (κ2) is 8.28. The van der Waals surface area contributed by atoms with E-state index >= 15 is 0 Å². The van der Waals surface area contributed by atoms with Crippen molar-refractivity contribution in [2.24, 2.45) is 0 Å². The van der Waals surface area contributed by atoms with E-state index in [1.165, 1.54) is 13.4 Å². The van der Waals surface area contributed by atoms with E-state index in [0.29, 0.717) is 31.1 Å². The molecule has 21 heavy (non-hydrogen) atoms. The van der Waals surface area contributed by atoms with E-state index in [-0.39, 0.29) is 0 Å². The molecule has 0 spiro atoms. The zero-order valence-corrected chi connectivity index (χ0v) is 12.0.